The predicted octanol–water partition coefficient (Wildman–Crippen LogP) is 4.12. The molecule has 28 heavy (non-hydrogen) atoms. The number of benzene rings is 1. The van der Waals surface area contributed by atoms with Crippen molar-refractivity contribution >= 4 is 27.3 Å². The van der Waals surface area contributed by atoms with E-state index in [9.17, 15) is 13.2 Å². The molecule has 2 heterocycles. The maximum Gasteiger partial charge on any atom is 0.254 e. The first-order valence-corrected chi connectivity index (χ1v) is 12.3. The van der Waals surface area contributed by atoms with Crippen molar-refractivity contribution in [3.8, 4) is 0 Å². The van der Waals surface area contributed by atoms with Gasteiger partial charge in [0.05, 0.1) is 11.4 Å². The summed E-state index contributed by atoms with van der Waals surface area (Å²) in [5, 5.41) is 2.01. The number of sulfonamides is 1. The molecule has 1 amide bonds. The number of nitrogens with zero attached hydrogens (tertiary/aromatic N) is 2. The Kier molecular flexibility index (Phi) is 5.85. The molecule has 0 spiro atoms. The maximum atomic E-state index is 13.2. The molecule has 5 nitrogen and oxygen atoms in total. The Morgan fingerprint density at radius 3 is 2.46 bits per heavy atom. The zero-order valence-corrected chi connectivity index (χ0v) is 17.6. The largest absolute Gasteiger partial charge is 0.331 e. The summed E-state index contributed by atoms with van der Waals surface area (Å²) in [6, 6.07) is 10.9. The van der Waals surface area contributed by atoms with Gasteiger partial charge in [-0.2, -0.15) is 4.31 Å². The van der Waals surface area contributed by atoms with Gasteiger partial charge in [-0.3, -0.25) is 4.79 Å². The van der Waals surface area contributed by atoms with E-state index >= 15 is 0 Å². The Labute approximate surface area is 171 Å². The van der Waals surface area contributed by atoms with E-state index in [1.165, 1.54) is 0 Å². The van der Waals surface area contributed by atoms with Crippen LogP contribution in [0.15, 0.2) is 46.7 Å². The van der Waals surface area contributed by atoms with Crippen LogP contribution >= 0.6 is 11.3 Å². The molecule has 150 valence electrons. The minimum atomic E-state index is -3.56. The zero-order chi connectivity index (χ0) is 19.6. The van der Waals surface area contributed by atoms with Crippen molar-refractivity contribution in [3.63, 3.8) is 0 Å². The fourth-order valence-electron chi connectivity index (χ4n) is 3.71. The minimum absolute atomic E-state index is 0.0798. The van der Waals surface area contributed by atoms with E-state index in [0.717, 1.165) is 43.4 Å². The second kappa shape index (κ2) is 8.35. The average Bonchev–Trinajstić information content (AvgIpc) is 3.48. The van der Waals surface area contributed by atoms with Crippen molar-refractivity contribution in [2.45, 2.75) is 56.0 Å². The van der Waals surface area contributed by atoms with Gasteiger partial charge in [0.1, 0.15) is 0 Å². The van der Waals surface area contributed by atoms with Crippen molar-refractivity contribution in [1.82, 2.24) is 9.21 Å². The van der Waals surface area contributed by atoms with Crippen LogP contribution in [0.4, 0.5) is 0 Å². The fraction of sp³-hybridized carbons (Fsp3) is 0.476. The molecule has 7 heteroatoms. The van der Waals surface area contributed by atoms with Crippen LogP contribution in [0.2, 0.25) is 0 Å². The van der Waals surface area contributed by atoms with E-state index in [-0.39, 0.29) is 16.8 Å². The summed E-state index contributed by atoms with van der Waals surface area (Å²) in [6.07, 6.45) is 5.97. The number of amides is 1. The van der Waals surface area contributed by atoms with Crippen LogP contribution in [-0.2, 0) is 16.6 Å². The van der Waals surface area contributed by atoms with Crippen LogP contribution in [0, 0.1) is 0 Å². The Morgan fingerprint density at radius 1 is 1.07 bits per heavy atom. The third-order valence-corrected chi connectivity index (χ3v) is 8.19. The number of carbonyl (C=O) groups excluding carboxylic acids is 1. The van der Waals surface area contributed by atoms with Crippen molar-refractivity contribution < 1.29 is 13.2 Å². The molecule has 1 aromatic carbocycles. The van der Waals surface area contributed by atoms with E-state index in [1.807, 2.05) is 22.4 Å². The average molecular weight is 419 g/mol. The lowest BCUT2D eigenvalue weighted by Gasteiger charge is -2.23. The molecule has 1 aromatic heterocycles. The lowest BCUT2D eigenvalue weighted by Crippen LogP contribution is -2.33. The van der Waals surface area contributed by atoms with Crippen molar-refractivity contribution in [2.75, 3.05) is 13.1 Å². The molecule has 2 aromatic rings. The summed E-state index contributed by atoms with van der Waals surface area (Å²) in [5.41, 5.74) is 0.458. The van der Waals surface area contributed by atoms with Crippen LogP contribution in [0.3, 0.4) is 0 Å². The Bertz CT molecular complexity index is 913. The standard InChI is InChI=1S/C21H26N2O3S2/c24-21(23(18-10-11-18)16-19-8-6-14-27-19)17-7-5-9-20(15-17)28(25,26)22-12-3-1-2-4-13-22/h5-9,14-15,18H,1-4,10-13,16H2. The molecule has 0 bridgehead atoms. The van der Waals surface area contributed by atoms with Gasteiger partial charge >= 0.3 is 0 Å². The van der Waals surface area contributed by atoms with Gasteiger partial charge in [0, 0.05) is 29.6 Å². The molecule has 4 rings (SSSR count). The van der Waals surface area contributed by atoms with Gasteiger partial charge in [0.2, 0.25) is 10.0 Å². The first-order chi connectivity index (χ1) is 13.6. The minimum Gasteiger partial charge on any atom is -0.331 e. The van der Waals surface area contributed by atoms with E-state index in [2.05, 4.69) is 0 Å². The molecule has 0 N–H and O–H groups in total. The third kappa shape index (κ3) is 4.31. The van der Waals surface area contributed by atoms with Crippen LogP contribution in [0.25, 0.3) is 0 Å². The third-order valence-electron chi connectivity index (χ3n) is 5.44. The molecule has 0 unspecified atom stereocenters. The molecule has 2 fully saturated rings. The predicted molar refractivity (Wildman–Crippen MR) is 111 cm³/mol. The van der Waals surface area contributed by atoms with E-state index < -0.39 is 10.0 Å². The highest BCUT2D eigenvalue weighted by atomic mass is 32.2. The monoisotopic (exact) mass is 418 g/mol. The SMILES string of the molecule is O=C(c1cccc(S(=O)(=O)N2CCCCCC2)c1)N(Cc1cccs1)C1CC1. The lowest BCUT2D eigenvalue weighted by atomic mass is 10.2. The number of hydrogen-bond donors (Lipinski definition) is 0. The van der Waals surface area contributed by atoms with Crippen LogP contribution in [-0.4, -0.2) is 42.7 Å². The maximum absolute atomic E-state index is 13.2. The van der Waals surface area contributed by atoms with E-state index in [1.54, 1.807) is 39.9 Å². The first-order valence-electron chi connectivity index (χ1n) is 9.99. The van der Waals surface area contributed by atoms with Gasteiger partial charge in [0.15, 0.2) is 0 Å². The second-order valence-electron chi connectivity index (χ2n) is 7.59. The lowest BCUT2D eigenvalue weighted by molar-refractivity contribution is 0.0731. The van der Waals surface area contributed by atoms with Gasteiger partial charge in [-0.15, -0.1) is 11.3 Å². The number of rotatable bonds is 6. The summed E-state index contributed by atoms with van der Waals surface area (Å²) < 4.78 is 27.8. The Hall–Kier alpha value is -1.70. The highest BCUT2D eigenvalue weighted by Gasteiger charge is 2.34. The van der Waals surface area contributed by atoms with Gasteiger partial charge < -0.3 is 4.90 Å². The molecule has 1 aliphatic heterocycles. The Morgan fingerprint density at radius 2 is 1.82 bits per heavy atom. The van der Waals surface area contributed by atoms with E-state index in [0.29, 0.717) is 25.2 Å². The fourth-order valence-corrected chi connectivity index (χ4v) is 5.98. The second-order valence-corrected chi connectivity index (χ2v) is 10.6. The Balaban J connectivity index is 1.57. The summed E-state index contributed by atoms with van der Waals surface area (Å²) in [4.78, 5) is 16.5. The highest BCUT2D eigenvalue weighted by Crippen LogP contribution is 2.31. The molecule has 1 saturated carbocycles. The van der Waals surface area contributed by atoms with Crippen molar-refractivity contribution in [2.24, 2.45) is 0 Å². The molecular formula is C21H26N2O3S2. The van der Waals surface area contributed by atoms with Gasteiger partial charge in [-0.25, -0.2) is 8.42 Å². The molecule has 1 aliphatic carbocycles. The van der Waals surface area contributed by atoms with E-state index in [4.69, 9.17) is 0 Å². The number of thiophene rings is 1. The van der Waals surface area contributed by atoms with Gasteiger partial charge in [-0.1, -0.05) is 25.0 Å². The van der Waals surface area contributed by atoms with Crippen molar-refractivity contribution in [3.05, 3.63) is 52.2 Å². The smallest absolute Gasteiger partial charge is 0.254 e. The number of hydrogen-bond acceptors (Lipinski definition) is 4. The van der Waals surface area contributed by atoms with Crippen LogP contribution in [0.1, 0.15) is 53.8 Å². The van der Waals surface area contributed by atoms with Crippen LogP contribution < -0.4 is 0 Å². The van der Waals surface area contributed by atoms with Gasteiger partial charge in [-0.05, 0) is 55.3 Å². The normalized spacial score (nSPS) is 18.6. The molecule has 1 saturated heterocycles. The molecular weight excluding hydrogens is 392 g/mol. The zero-order valence-electron chi connectivity index (χ0n) is 15.9. The van der Waals surface area contributed by atoms with Crippen LogP contribution in [0.5, 0.6) is 0 Å². The number of carbonyl (C=O) groups is 1. The first kappa shape index (κ1) is 19.6. The quantitative estimate of drug-likeness (QED) is 0.709. The molecule has 0 radical (unpaired) electrons. The summed E-state index contributed by atoms with van der Waals surface area (Å²) >= 11 is 1.64. The molecule has 0 atom stereocenters. The van der Waals surface area contributed by atoms with Gasteiger partial charge in [0.25, 0.3) is 5.91 Å². The molecule has 2 aliphatic rings. The van der Waals surface area contributed by atoms with Crippen molar-refractivity contribution in [1.29, 1.82) is 0 Å². The topological polar surface area (TPSA) is 57.7 Å². The summed E-state index contributed by atoms with van der Waals surface area (Å²) in [5.74, 6) is -0.0798. The summed E-state index contributed by atoms with van der Waals surface area (Å²) in [6.45, 7) is 1.71. The summed E-state index contributed by atoms with van der Waals surface area (Å²) in [7, 11) is -3.56. The highest BCUT2D eigenvalue weighted by molar-refractivity contribution is 7.89.